The first-order valence-electron chi connectivity index (χ1n) is 9.78. The molecule has 1 fully saturated rings. The molecule has 8 N–H and O–H groups in total. The molecule has 1 rings (SSSR count). The summed E-state index contributed by atoms with van der Waals surface area (Å²) in [6.45, 7) is 2.88. The molecule has 1 aliphatic heterocycles. The van der Waals surface area contributed by atoms with Crippen LogP contribution in [0, 0.1) is 5.92 Å². The lowest BCUT2D eigenvalue weighted by molar-refractivity contribution is -0.149. The van der Waals surface area contributed by atoms with Crippen LogP contribution in [-0.4, -0.2) is 82.0 Å². The third kappa shape index (κ3) is 6.95. The number of aliphatic hydroxyl groups excluding tert-OH is 1. The van der Waals surface area contributed by atoms with Crippen molar-refractivity contribution < 1.29 is 34.2 Å². The summed E-state index contributed by atoms with van der Waals surface area (Å²) in [4.78, 5) is 61.2. The van der Waals surface area contributed by atoms with Crippen molar-refractivity contribution in [1.82, 2.24) is 15.5 Å². The van der Waals surface area contributed by atoms with Gasteiger partial charge in [0, 0.05) is 13.0 Å². The van der Waals surface area contributed by atoms with E-state index in [0.29, 0.717) is 6.42 Å². The van der Waals surface area contributed by atoms with Gasteiger partial charge >= 0.3 is 5.97 Å². The lowest BCUT2D eigenvalue weighted by Gasteiger charge is -2.28. The van der Waals surface area contributed by atoms with Crippen molar-refractivity contribution in [3.63, 3.8) is 0 Å². The quantitative estimate of drug-likeness (QED) is 0.203. The van der Waals surface area contributed by atoms with Gasteiger partial charge in [-0.25, -0.2) is 4.79 Å². The Labute approximate surface area is 174 Å². The van der Waals surface area contributed by atoms with Gasteiger partial charge in [-0.15, -0.1) is 0 Å². The molecular weight excluding hydrogens is 398 g/mol. The Kier molecular flexibility index (Phi) is 9.66. The molecular formula is C18H31N5O7. The number of hydrogen-bond donors (Lipinski definition) is 6. The first-order chi connectivity index (χ1) is 14.0. The molecule has 0 saturated carbocycles. The number of aliphatic carboxylic acids is 1. The average molecular weight is 429 g/mol. The summed E-state index contributed by atoms with van der Waals surface area (Å²) in [5.41, 5.74) is 10.9. The molecule has 1 saturated heterocycles. The van der Waals surface area contributed by atoms with Crippen molar-refractivity contribution in [1.29, 1.82) is 0 Å². The second-order valence-electron chi connectivity index (χ2n) is 7.61. The van der Waals surface area contributed by atoms with E-state index in [4.69, 9.17) is 11.5 Å². The molecule has 4 unspecified atom stereocenters. The largest absolute Gasteiger partial charge is 0.480 e. The number of nitrogens with one attached hydrogen (secondary N) is 2. The summed E-state index contributed by atoms with van der Waals surface area (Å²) in [6.07, 6.45) is 0.387. The van der Waals surface area contributed by atoms with Crippen molar-refractivity contribution in [3.8, 4) is 0 Å². The van der Waals surface area contributed by atoms with Crippen LogP contribution in [0.1, 0.15) is 39.5 Å². The summed E-state index contributed by atoms with van der Waals surface area (Å²) in [5.74, 6) is -4.26. The maximum atomic E-state index is 12.9. The molecule has 1 heterocycles. The third-order valence-electron chi connectivity index (χ3n) is 4.95. The van der Waals surface area contributed by atoms with Crippen LogP contribution in [0.3, 0.4) is 0 Å². The number of hydrogen-bond acceptors (Lipinski definition) is 7. The number of aliphatic hydroxyl groups is 1. The lowest BCUT2D eigenvalue weighted by Crippen LogP contribution is -2.58. The molecule has 1 aliphatic rings. The second-order valence-corrected chi connectivity index (χ2v) is 7.61. The Hall–Kier alpha value is -2.73. The molecule has 30 heavy (non-hydrogen) atoms. The van der Waals surface area contributed by atoms with E-state index in [-0.39, 0.29) is 31.7 Å². The molecule has 170 valence electrons. The van der Waals surface area contributed by atoms with Crippen LogP contribution in [0.25, 0.3) is 0 Å². The van der Waals surface area contributed by atoms with Gasteiger partial charge in [0.1, 0.15) is 18.1 Å². The van der Waals surface area contributed by atoms with Crippen LogP contribution in [-0.2, 0) is 24.0 Å². The molecule has 0 radical (unpaired) electrons. The predicted molar refractivity (Wildman–Crippen MR) is 105 cm³/mol. The van der Waals surface area contributed by atoms with Gasteiger partial charge in [0.25, 0.3) is 0 Å². The maximum absolute atomic E-state index is 12.9. The van der Waals surface area contributed by atoms with E-state index in [1.54, 1.807) is 13.8 Å². The number of primary amides is 1. The number of rotatable bonds is 11. The monoisotopic (exact) mass is 429 g/mol. The number of nitrogens with two attached hydrogens (primary N) is 2. The van der Waals surface area contributed by atoms with Gasteiger partial charge in [0.15, 0.2) is 0 Å². The standard InChI is InChI=1S/C18H31N5O7/c1-9(2)14(20)16(27)22-11(8-24)15(26)21-10(5-6-13(19)25)17(28)23-7-3-4-12(23)18(29)30/h9-12,14,24H,3-8,20H2,1-2H3,(H2,19,25)(H,21,26)(H,22,27)(H,29,30). The van der Waals surface area contributed by atoms with Gasteiger partial charge in [0.2, 0.25) is 23.6 Å². The molecule has 0 aromatic carbocycles. The maximum Gasteiger partial charge on any atom is 0.326 e. The van der Waals surface area contributed by atoms with E-state index in [1.165, 1.54) is 0 Å². The molecule has 12 heteroatoms. The van der Waals surface area contributed by atoms with Gasteiger partial charge in [-0.05, 0) is 25.2 Å². The van der Waals surface area contributed by atoms with E-state index in [2.05, 4.69) is 10.6 Å². The highest BCUT2D eigenvalue weighted by Crippen LogP contribution is 2.19. The third-order valence-corrected chi connectivity index (χ3v) is 4.95. The molecule has 0 bridgehead atoms. The Balaban J connectivity index is 2.92. The van der Waals surface area contributed by atoms with Gasteiger partial charge in [0.05, 0.1) is 12.6 Å². The Morgan fingerprint density at radius 2 is 1.70 bits per heavy atom. The lowest BCUT2D eigenvalue weighted by atomic mass is 10.0. The van der Waals surface area contributed by atoms with E-state index >= 15 is 0 Å². The summed E-state index contributed by atoms with van der Waals surface area (Å²) in [5, 5.41) is 23.5. The van der Waals surface area contributed by atoms with Gasteiger partial charge in [-0.2, -0.15) is 0 Å². The number of carboxylic acids is 1. The van der Waals surface area contributed by atoms with Crippen molar-refractivity contribution in [3.05, 3.63) is 0 Å². The summed E-state index contributed by atoms with van der Waals surface area (Å²) >= 11 is 0. The number of carbonyl (C=O) groups is 5. The van der Waals surface area contributed by atoms with Crippen molar-refractivity contribution in [2.75, 3.05) is 13.2 Å². The second kappa shape index (κ2) is 11.5. The topological polar surface area (TPSA) is 205 Å². The fourth-order valence-corrected chi connectivity index (χ4v) is 3.07. The highest BCUT2D eigenvalue weighted by Gasteiger charge is 2.38. The van der Waals surface area contributed by atoms with Crippen LogP contribution in [0.5, 0.6) is 0 Å². The van der Waals surface area contributed by atoms with Crippen LogP contribution in [0.2, 0.25) is 0 Å². The normalized spacial score (nSPS) is 19.1. The SMILES string of the molecule is CC(C)C(N)C(=O)NC(CO)C(=O)NC(CCC(N)=O)C(=O)N1CCCC1C(=O)O. The van der Waals surface area contributed by atoms with E-state index in [1.807, 2.05) is 0 Å². The zero-order valence-corrected chi connectivity index (χ0v) is 17.2. The Morgan fingerprint density at radius 3 is 2.20 bits per heavy atom. The number of amides is 4. The van der Waals surface area contributed by atoms with Crippen LogP contribution < -0.4 is 22.1 Å². The van der Waals surface area contributed by atoms with Crippen molar-refractivity contribution in [2.45, 2.75) is 63.7 Å². The summed E-state index contributed by atoms with van der Waals surface area (Å²) in [6, 6.07) is -4.54. The smallest absolute Gasteiger partial charge is 0.326 e. The number of carboxylic acid groups (broad SMARTS) is 1. The van der Waals surface area contributed by atoms with Crippen LogP contribution in [0.4, 0.5) is 0 Å². The average Bonchev–Trinajstić information content (AvgIpc) is 3.17. The number of nitrogens with zero attached hydrogens (tertiary/aromatic N) is 1. The van der Waals surface area contributed by atoms with Crippen LogP contribution in [0.15, 0.2) is 0 Å². The molecule has 4 atom stereocenters. The number of carbonyl (C=O) groups excluding carboxylic acids is 4. The molecule has 0 aromatic rings. The van der Waals surface area contributed by atoms with Crippen LogP contribution >= 0.6 is 0 Å². The highest BCUT2D eigenvalue weighted by atomic mass is 16.4. The molecule has 0 spiro atoms. The van der Waals surface area contributed by atoms with Gasteiger partial charge in [-0.1, -0.05) is 13.8 Å². The van der Waals surface area contributed by atoms with Gasteiger partial charge in [-0.3, -0.25) is 19.2 Å². The zero-order chi connectivity index (χ0) is 23.0. The van der Waals surface area contributed by atoms with Crippen molar-refractivity contribution in [2.24, 2.45) is 17.4 Å². The minimum atomic E-state index is -1.37. The molecule has 4 amide bonds. The zero-order valence-electron chi connectivity index (χ0n) is 17.2. The minimum Gasteiger partial charge on any atom is -0.480 e. The highest BCUT2D eigenvalue weighted by molar-refractivity contribution is 5.94. The molecule has 0 aromatic heterocycles. The minimum absolute atomic E-state index is 0.152. The first kappa shape index (κ1) is 25.3. The Morgan fingerprint density at radius 1 is 1.10 bits per heavy atom. The summed E-state index contributed by atoms with van der Waals surface area (Å²) in [7, 11) is 0. The first-order valence-corrected chi connectivity index (χ1v) is 9.78. The summed E-state index contributed by atoms with van der Waals surface area (Å²) < 4.78 is 0. The van der Waals surface area contributed by atoms with Gasteiger partial charge < -0.3 is 37.2 Å². The van der Waals surface area contributed by atoms with Crippen molar-refractivity contribution >= 4 is 29.6 Å². The van der Waals surface area contributed by atoms with E-state index < -0.39 is 60.4 Å². The predicted octanol–water partition coefficient (Wildman–Crippen LogP) is -2.73. The van der Waals surface area contributed by atoms with E-state index in [0.717, 1.165) is 4.90 Å². The molecule has 0 aliphatic carbocycles. The van der Waals surface area contributed by atoms with E-state index in [9.17, 15) is 34.2 Å². The fourth-order valence-electron chi connectivity index (χ4n) is 3.07. The number of likely N-dealkylation sites (tertiary alicyclic amines) is 1. The Bertz CT molecular complexity index is 669. The fraction of sp³-hybridized carbons (Fsp3) is 0.722. The molecule has 12 nitrogen and oxygen atoms in total.